The number of fused-ring (bicyclic) bond motifs is 1. The molecule has 1 N–H and O–H groups in total. The van der Waals surface area contributed by atoms with Crippen LogP contribution < -0.4 is 5.32 Å². The van der Waals surface area contributed by atoms with E-state index in [1.807, 2.05) is 19.9 Å². The molecule has 21 heavy (non-hydrogen) atoms. The number of piperazine rings is 1. The summed E-state index contributed by atoms with van der Waals surface area (Å²) in [6, 6.07) is 7.20. The fourth-order valence-corrected chi connectivity index (χ4v) is 4.70. The molecule has 1 aromatic carbocycles. The summed E-state index contributed by atoms with van der Waals surface area (Å²) >= 11 is 0. The van der Waals surface area contributed by atoms with Gasteiger partial charge < -0.3 is 5.32 Å². The molecule has 0 amide bonds. The molecule has 3 rings (SSSR count). The Balaban J connectivity index is 2.12. The maximum Gasteiger partial charge on any atom is 0.244 e. The Morgan fingerprint density at radius 3 is 2.90 bits per heavy atom. The molecule has 0 bridgehead atoms. The first-order chi connectivity index (χ1) is 10.00. The average molecular weight is 305 g/mol. The number of hydrogen-bond acceptors (Lipinski definition) is 4. The van der Waals surface area contributed by atoms with Gasteiger partial charge in [0.25, 0.3) is 0 Å². The summed E-state index contributed by atoms with van der Waals surface area (Å²) in [5, 5.41) is 4.88. The van der Waals surface area contributed by atoms with Gasteiger partial charge in [-0.2, -0.15) is 4.31 Å². The molecule has 1 saturated heterocycles. The lowest BCUT2D eigenvalue weighted by Gasteiger charge is -2.36. The van der Waals surface area contributed by atoms with Crippen molar-refractivity contribution >= 4 is 20.8 Å². The summed E-state index contributed by atoms with van der Waals surface area (Å²) in [7, 11) is -3.51. The van der Waals surface area contributed by atoms with Gasteiger partial charge in [0.05, 0.1) is 4.90 Å². The van der Waals surface area contributed by atoms with E-state index in [1.54, 1.807) is 34.9 Å². The zero-order valence-electron chi connectivity index (χ0n) is 12.2. The highest BCUT2D eigenvalue weighted by atomic mass is 32.2. The van der Waals surface area contributed by atoms with Crippen molar-refractivity contribution in [2.45, 2.75) is 30.8 Å². The van der Waals surface area contributed by atoms with Gasteiger partial charge in [0, 0.05) is 48.3 Å². The third kappa shape index (κ3) is 2.54. The predicted molar refractivity (Wildman–Crippen MR) is 82.6 cm³/mol. The molecule has 2 unspecified atom stereocenters. The van der Waals surface area contributed by atoms with Gasteiger partial charge in [-0.3, -0.25) is 4.98 Å². The van der Waals surface area contributed by atoms with Gasteiger partial charge in [0.1, 0.15) is 0 Å². The number of benzene rings is 1. The van der Waals surface area contributed by atoms with E-state index in [2.05, 4.69) is 10.3 Å². The molecule has 1 aliphatic rings. The minimum Gasteiger partial charge on any atom is -0.311 e. The van der Waals surface area contributed by atoms with Crippen LogP contribution in [0.4, 0.5) is 0 Å². The van der Waals surface area contributed by atoms with E-state index >= 15 is 0 Å². The standard InChI is InChI=1S/C15H19N3O2S/c1-11-10-18(12(2)8-17-11)21(19,20)15-5-3-4-13-9-16-7-6-14(13)15/h3-7,9,11-12,17H,8,10H2,1-2H3. The molecule has 1 aromatic heterocycles. The van der Waals surface area contributed by atoms with Crippen LogP contribution in [-0.4, -0.2) is 42.9 Å². The van der Waals surface area contributed by atoms with Crippen molar-refractivity contribution in [2.75, 3.05) is 13.1 Å². The minimum absolute atomic E-state index is 0.0525. The van der Waals surface area contributed by atoms with Gasteiger partial charge in [0.2, 0.25) is 10.0 Å². The number of nitrogens with one attached hydrogen (secondary N) is 1. The van der Waals surface area contributed by atoms with Crippen LogP contribution in [0.1, 0.15) is 13.8 Å². The SMILES string of the molecule is CC1CN(S(=O)(=O)c2cccc3cnccc23)C(C)CN1. The third-order valence-corrected chi connectivity index (χ3v) is 5.97. The summed E-state index contributed by atoms with van der Waals surface area (Å²) in [6.45, 7) is 5.10. The van der Waals surface area contributed by atoms with E-state index in [1.165, 1.54) is 0 Å². The number of nitrogens with zero attached hydrogens (tertiary/aromatic N) is 2. The topological polar surface area (TPSA) is 62.3 Å². The predicted octanol–water partition coefficient (Wildman–Crippen LogP) is 1.61. The van der Waals surface area contributed by atoms with E-state index in [0.717, 1.165) is 10.8 Å². The second kappa shape index (κ2) is 5.36. The van der Waals surface area contributed by atoms with Gasteiger partial charge in [-0.1, -0.05) is 12.1 Å². The summed E-state index contributed by atoms with van der Waals surface area (Å²) in [4.78, 5) is 4.42. The van der Waals surface area contributed by atoms with Gasteiger partial charge >= 0.3 is 0 Å². The molecule has 5 nitrogen and oxygen atoms in total. The summed E-state index contributed by atoms with van der Waals surface area (Å²) in [6.07, 6.45) is 3.32. The number of aromatic nitrogens is 1. The monoisotopic (exact) mass is 305 g/mol. The first-order valence-corrected chi connectivity index (χ1v) is 8.52. The fourth-order valence-electron chi connectivity index (χ4n) is 2.77. The van der Waals surface area contributed by atoms with E-state index in [4.69, 9.17) is 0 Å². The van der Waals surface area contributed by atoms with Crippen molar-refractivity contribution in [1.82, 2.24) is 14.6 Å². The van der Waals surface area contributed by atoms with Gasteiger partial charge in [-0.05, 0) is 26.0 Å². The van der Waals surface area contributed by atoms with Crippen LogP contribution in [-0.2, 0) is 10.0 Å². The summed E-state index contributed by atoms with van der Waals surface area (Å²) in [5.41, 5.74) is 0. The highest BCUT2D eigenvalue weighted by molar-refractivity contribution is 7.89. The van der Waals surface area contributed by atoms with Crippen molar-refractivity contribution in [2.24, 2.45) is 0 Å². The molecule has 0 saturated carbocycles. The van der Waals surface area contributed by atoms with Crippen LogP contribution in [0.15, 0.2) is 41.6 Å². The zero-order valence-corrected chi connectivity index (χ0v) is 13.0. The molecule has 6 heteroatoms. The molecule has 0 radical (unpaired) electrons. The van der Waals surface area contributed by atoms with Gasteiger partial charge in [-0.15, -0.1) is 0 Å². The smallest absolute Gasteiger partial charge is 0.244 e. The Morgan fingerprint density at radius 2 is 2.10 bits per heavy atom. The Kier molecular flexibility index (Phi) is 3.69. The lowest BCUT2D eigenvalue weighted by Crippen LogP contribution is -2.56. The molecular formula is C15H19N3O2S. The lowest BCUT2D eigenvalue weighted by molar-refractivity contribution is 0.245. The molecule has 0 spiro atoms. The van der Waals surface area contributed by atoms with Crippen LogP contribution >= 0.6 is 0 Å². The zero-order chi connectivity index (χ0) is 15.0. The second-order valence-corrected chi connectivity index (χ2v) is 7.44. The first-order valence-electron chi connectivity index (χ1n) is 7.08. The third-order valence-electron chi connectivity index (χ3n) is 3.93. The summed E-state index contributed by atoms with van der Waals surface area (Å²) < 4.78 is 27.7. The largest absolute Gasteiger partial charge is 0.311 e. The van der Waals surface area contributed by atoms with Crippen molar-refractivity contribution < 1.29 is 8.42 Å². The first kappa shape index (κ1) is 14.4. The Labute approximate surface area is 125 Å². The molecule has 2 atom stereocenters. The maximum absolute atomic E-state index is 13.0. The molecule has 2 heterocycles. The Bertz CT molecular complexity index is 755. The van der Waals surface area contributed by atoms with Crippen LogP contribution in [0.3, 0.4) is 0 Å². The second-order valence-electron chi connectivity index (χ2n) is 5.59. The summed E-state index contributed by atoms with van der Waals surface area (Å²) in [5.74, 6) is 0. The number of sulfonamides is 1. The lowest BCUT2D eigenvalue weighted by atomic mass is 10.2. The number of pyridine rings is 1. The molecular weight excluding hydrogens is 286 g/mol. The average Bonchev–Trinajstić information content (AvgIpc) is 2.49. The van der Waals surface area contributed by atoms with E-state index in [0.29, 0.717) is 18.0 Å². The molecule has 1 aliphatic heterocycles. The van der Waals surface area contributed by atoms with E-state index < -0.39 is 10.0 Å². The van der Waals surface area contributed by atoms with Crippen LogP contribution in [0.25, 0.3) is 10.8 Å². The highest BCUT2D eigenvalue weighted by Crippen LogP contribution is 2.27. The van der Waals surface area contributed by atoms with Crippen molar-refractivity contribution in [3.63, 3.8) is 0 Å². The minimum atomic E-state index is -3.51. The molecule has 0 aliphatic carbocycles. The highest BCUT2D eigenvalue weighted by Gasteiger charge is 2.34. The van der Waals surface area contributed by atoms with Crippen molar-refractivity contribution in [1.29, 1.82) is 0 Å². The maximum atomic E-state index is 13.0. The van der Waals surface area contributed by atoms with Crippen LogP contribution in [0.5, 0.6) is 0 Å². The van der Waals surface area contributed by atoms with Crippen LogP contribution in [0, 0.1) is 0 Å². The quantitative estimate of drug-likeness (QED) is 0.915. The fraction of sp³-hybridized carbons (Fsp3) is 0.400. The van der Waals surface area contributed by atoms with Crippen molar-refractivity contribution in [3.8, 4) is 0 Å². The van der Waals surface area contributed by atoms with Crippen molar-refractivity contribution in [3.05, 3.63) is 36.7 Å². The molecule has 2 aromatic rings. The number of rotatable bonds is 2. The Hall–Kier alpha value is -1.50. The van der Waals surface area contributed by atoms with E-state index in [-0.39, 0.29) is 12.1 Å². The number of hydrogen-bond donors (Lipinski definition) is 1. The van der Waals surface area contributed by atoms with E-state index in [9.17, 15) is 8.42 Å². The van der Waals surface area contributed by atoms with Crippen LogP contribution in [0.2, 0.25) is 0 Å². The Morgan fingerprint density at radius 1 is 1.29 bits per heavy atom. The normalized spacial score (nSPS) is 24.3. The van der Waals surface area contributed by atoms with Gasteiger partial charge in [-0.25, -0.2) is 8.42 Å². The molecule has 112 valence electrons. The molecule has 1 fully saturated rings. The van der Waals surface area contributed by atoms with Gasteiger partial charge in [0.15, 0.2) is 0 Å².